The standard InChI is InChI=1S/C27H25FN4O2/c1-4-18(2)30-14-12-21(17-30)32-25-11-13-29-16-26(25)31(27(32)33)20-7-5-19(6-8-20)23-10-9-22(34-3)15-24(23)28/h4-11,13,15-16,21H,1-2,12,14,17H2,3H3/t21-/m1/s1. The van der Waals surface area contributed by atoms with Gasteiger partial charge in [-0.25, -0.2) is 9.18 Å². The van der Waals surface area contributed by atoms with E-state index in [2.05, 4.69) is 23.0 Å². The highest BCUT2D eigenvalue weighted by molar-refractivity contribution is 5.77. The lowest BCUT2D eigenvalue weighted by Crippen LogP contribution is -2.28. The number of fused-ring (bicyclic) bond motifs is 1. The van der Waals surface area contributed by atoms with E-state index < -0.39 is 0 Å². The minimum atomic E-state index is -0.364. The number of halogens is 1. The fourth-order valence-electron chi connectivity index (χ4n) is 4.66. The number of ether oxygens (including phenoxy) is 1. The fourth-order valence-corrected chi connectivity index (χ4v) is 4.66. The van der Waals surface area contributed by atoms with Crippen LogP contribution in [0.15, 0.2) is 90.7 Å². The average Bonchev–Trinajstić information content (AvgIpc) is 3.45. The van der Waals surface area contributed by atoms with Crippen molar-refractivity contribution >= 4 is 11.0 Å². The summed E-state index contributed by atoms with van der Waals surface area (Å²) in [6.45, 7) is 9.36. The van der Waals surface area contributed by atoms with E-state index in [1.165, 1.54) is 13.2 Å². The predicted octanol–water partition coefficient (Wildman–Crippen LogP) is 4.95. The third kappa shape index (κ3) is 3.59. The second-order valence-electron chi connectivity index (χ2n) is 8.33. The molecule has 0 saturated carbocycles. The van der Waals surface area contributed by atoms with Crippen LogP contribution in [-0.4, -0.2) is 39.2 Å². The number of imidazole rings is 1. The van der Waals surface area contributed by atoms with Crippen molar-refractivity contribution in [2.45, 2.75) is 12.5 Å². The maximum Gasteiger partial charge on any atom is 0.334 e. The molecule has 0 aliphatic carbocycles. The highest BCUT2D eigenvalue weighted by Crippen LogP contribution is 2.30. The van der Waals surface area contributed by atoms with Gasteiger partial charge >= 0.3 is 5.69 Å². The van der Waals surface area contributed by atoms with Gasteiger partial charge in [0, 0.05) is 36.6 Å². The number of benzene rings is 2. The number of pyridine rings is 1. The number of rotatable bonds is 6. The van der Waals surface area contributed by atoms with Gasteiger partial charge in [-0.2, -0.15) is 0 Å². The molecule has 172 valence electrons. The maximum absolute atomic E-state index is 14.5. The van der Waals surface area contributed by atoms with Crippen LogP contribution in [0.5, 0.6) is 5.75 Å². The van der Waals surface area contributed by atoms with E-state index in [0.717, 1.165) is 29.7 Å². The van der Waals surface area contributed by atoms with Crippen LogP contribution in [0, 0.1) is 5.82 Å². The highest BCUT2D eigenvalue weighted by Gasteiger charge is 2.28. The number of allylic oxidation sites excluding steroid dienone is 1. The number of aromatic nitrogens is 3. The Balaban J connectivity index is 1.55. The van der Waals surface area contributed by atoms with Crippen molar-refractivity contribution in [2.75, 3.05) is 20.2 Å². The Kier molecular flexibility index (Phi) is 5.53. The lowest BCUT2D eigenvalue weighted by Gasteiger charge is -2.18. The van der Waals surface area contributed by atoms with Crippen molar-refractivity contribution in [3.63, 3.8) is 0 Å². The van der Waals surface area contributed by atoms with Crippen LogP contribution in [0.2, 0.25) is 0 Å². The fraction of sp³-hybridized carbons (Fsp3) is 0.185. The summed E-state index contributed by atoms with van der Waals surface area (Å²) in [6, 6.07) is 14.0. The molecular weight excluding hydrogens is 431 g/mol. The Morgan fingerprint density at radius 3 is 2.68 bits per heavy atom. The first-order chi connectivity index (χ1) is 16.5. The summed E-state index contributed by atoms with van der Waals surface area (Å²) in [7, 11) is 1.51. The van der Waals surface area contributed by atoms with Gasteiger partial charge < -0.3 is 9.64 Å². The van der Waals surface area contributed by atoms with E-state index in [1.807, 2.05) is 34.9 Å². The van der Waals surface area contributed by atoms with Gasteiger partial charge in [0.2, 0.25) is 0 Å². The minimum Gasteiger partial charge on any atom is -0.497 e. The molecule has 0 radical (unpaired) electrons. The summed E-state index contributed by atoms with van der Waals surface area (Å²) in [4.78, 5) is 20.1. The van der Waals surface area contributed by atoms with Crippen LogP contribution >= 0.6 is 0 Å². The first-order valence-corrected chi connectivity index (χ1v) is 11.1. The van der Waals surface area contributed by atoms with Crippen molar-refractivity contribution in [1.82, 2.24) is 19.0 Å². The molecule has 1 atom stereocenters. The third-order valence-corrected chi connectivity index (χ3v) is 6.46. The molecule has 1 aliphatic rings. The van der Waals surface area contributed by atoms with E-state index in [1.54, 1.807) is 35.2 Å². The normalized spacial score (nSPS) is 15.6. The number of methoxy groups -OCH3 is 1. The topological polar surface area (TPSA) is 52.3 Å². The maximum atomic E-state index is 14.5. The molecule has 0 N–H and O–H groups in total. The predicted molar refractivity (Wildman–Crippen MR) is 132 cm³/mol. The molecule has 2 aromatic carbocycles. The van der Waals surface area contributed by atoms with Gasteiger partial charge in [-0.1, -0.05) is 25.3 Å². The van der Waals surface area contributed by atoms with Gasteiger partial charge in [-0.15, -0.1) is 0 Å². The number of hydrogen-bond acceptors (Lipinski definition) is 4. The largest absolute Gasteiger partial charge is 0.497 e. The minimum absolute atomic E-state index is 0.0167. The molecule has 2 aromatic heterocycles. The molecular formula is C27H25FN4O2. The smallest absolute Gasteiger partial charge is 0.334 e. The Morgan fingerprint density at radius 1 is 1.18 bits per heavy atom. The van der Waals surface area contributed by atoms with Gasteiger partial charge in [0.15, 0.2) is 0 Å². The van der Waals surface area contributed by atoms with E-state index >= 15 is 0 Å². The van der Waals surface area contributed by atoms with Crippen LogP contribution in [-0.2, 0) is 0 Å². The van der Waals surface area contributed by atoms with E-state index in [4.69, 9.17) is 4.74 Å². The second kappa shape index (κ2) is 8.67. The van der Waals surface area contributed by atoms with Crippen LogP contribution in [0.3, 0.4) is 0 Å². The number of nitrogens with zero attached hydrogens (tertiary/aromatic N) is 4. The highest BCUT2D eigenvalue weighted by atomic mass is 19.1. The number of hydrogen-bond donors (Lipinski definition) is 0. The van der Waals surface area contributed by atoms with E-state index in [0.29, 0.717) is 29.1 Å². The van der Waals surface area contributed by atoms with Gasteiger partial charge in [-0.3, -0.25) is 14.1 Å². The molecule has 7 heteroatoms. The number of likely N-dealkylation sites (tertiary alicyclic amines) is 1. The van der Waals surface area contributed by atoms with Crippen LogP contribution < -0.4 is 10.4 Å². The van der Waals surface area contributed by atoms with Crippen molar-refractivity contribution in [2.24, 2.45) is 0 Å². The molecule has 0 unspecified atom stereocenters. The Bertz CT molecular complexity index is 1450. The summed E-state index contributed by atoms with van der Waals surface area (Å²) in [5.41, 5.74) is 4.19. The summed E-state index contributed by atoms with van der Waals surface area (Å²) < 4.78 is 23.2. The van der Waals surface area contributed by atoms with E-state index in [9.17, 15) is 9.18 Å². The summed E-state index contributed by atoms with van der Waals surface area (Å²) in [5, 5.41) is 0. The monoisotopic (exact) mass is 456 g/mol. The molecule has 4 aromatic rings. The molecule has 34 heavy (non-hydrogen) atoms. The van der Waals surface area contributed by atoms with Crippen molar-refractivity contribution in [1.29, 1.82) is 0 Å². The summed E-state index contributed by atoms with van der Waals surface area (Å²) >= 11 is 0. The Hall–Kier alpha value is -4.13. The zero-order valence-corrected chi connectivity index (χ0v) is 18.9. The van der Waals surface area contributed by atoms with Crippen molar-refractivity contribution in [3.05, 3.63) is 102 Å². The van der Waals surface area contributed by atoms with E-state index in [-0.39, 0.29) is 17.5 Å². The van der Waals surface area contributed by atoms with Crippen LogP contribution in [0.4, 0.5) is 4.39 Å². The average molecular weight is 457 g/mol. The molecule has 0 bridgehead atoms. The summed E-state index contributed by atoms with van der Waals surface area (Å²) in [6.07, 6.45) is 5.99. The molecule has 1 saturated heterocycles. The summed E-state index contributed by atoms with van der Waals surface area (Å²) in [5.74, 6) is 0.101. The molecule has 1 fully saturated rings. The molecule has 0 spiro atoms. The molecule has 3 heterocycles. The lowest BCUT2D eigenvalue weighted by atomic mass is 10.0. The first-order valence-electron chi connectivity index (χ1n) is 11.1. The quantitative estimate of drug-likeness (QED) is 0.386. The Morgan fingerprint density at radius 2 is 1.97 bits per heavy atom. The second-order valence-corrected chi connectivity index (χ2v) is 8.33. The lowest BCUT2D eigenvalue weighted by molar-refractivity contribution is 0.411. The van der Waals surface area contributed by atoms with Gasteiger partial charge in [0.25, 0.3) is 0 Å². The SMILES string of the molecule is C=CC(=C)N1CC[C@@H](n2c(=O)n(-c3ccc(-c4ccc(OC)cc4F)cc3)c3cnccc32)C1. The zero-order chi connectivity index (χ0) is 23.8. The van der Waals surface area contributed by atoms with Gasteiger partial charge in [-0.05, 0) is 48.4 Å². The molecule has 1 aliphatic heterocycles. The Labute approximate surface area is 196 Å². The van der Waals surface area contributed by atoms with Crippen LogP contribution in [0.25, 0.3) is 27.8 Å². The third-order valence-electron chi connectivity index (χ3n) is 6.46. The molecule has 5 rings (SSSR count). The van der Waals surface area contributed by atoms with Crippen LogP contribution in [0.1, 0.15) is 12.5 Å². The van der Waals surface area contributed by atoms with Crippen molar-refractivity contribution < 1.29 is 9.13 Å². The van der Waals surface area contributed by atoms with Gasteiger partial charge in [0.1, 0.15) is 11.6 Å². The molecule has 6 nitrogen and oxygen atoms in total. The molecule has 0 amide bonds. The zero-order valence-electron chi connectivity index (χ0n) is 18.9. The van der Waals surface area contributed by atoms with Gasteiger partial charge in [0.05, 0.1) is 36.1 Å². The first kappa shape index (κ1) is 21.7. The van der Waals surface area contributed by atoms with Crippen molar-refractivity contribution in [3.8, 4) is 22.6 Å².